The van der Waals surface area contributed by atoms with E-state index in [9.17, 15) is 19.5 Å². The summed E-state index contributed by atoms with van der Waals surface area (Å²) in [6, 6.07) is 0. The first-order valence-electron chi connectivity index (χ1n) is 13.2. The third-order valence-electron chi connectivity index (χ3n) is 6.71. The van der Waals surface area contributed by atoms with E-state index in [2.05, 4.69) is 0 Å². The molecule has 0 saturated heterocycles. The van der Waals surface area contributed by atoms with Crippen molar-refractivity contribution >= 4 is 17.7 Å². The van der Waals surface area contributed by atoms with E-state index in [1.807, 2.05) is 108 Å². The number of aliphatic hydroxyl groups is 1. The first kappa shape index (κ1) is 33.5. The molecular weight excluding hydrogens is 492 g/mol. The van der Waals surface area contributed by atoms with Crippen molar-refractivity contribution < 1.29 is 29.3 Å². The van der Waals surface area contributed by atoms with Crippen LogP contribution in [0.2, 0.25) is 0 Å². The van der Waals surface area contributed by atoms with Gasteiger partial charge in [-0.05, 0) is 38.7 Å². The van der Waals surface area contributed by atoms with Crippen LogP contribution in [0.3, 0.4) is 0 Å². The second kappa shape index (κ2) is 15.8. The van der Waals surface area contributed by atoms with E-state index in [0.717, 1.165) is 22.8 Å². The van der Waals surface area contributed by atoms with Crippen molar-refractivity contribution in [2.24, 2.45) is 11.3 Å². The number of ether oxygens (including phenoxy) is 1. The smallest absolute Gasteiger partial charge is 0.328 e. The van der Waals surface area contributed by atoms with Gasteiger partial charge in [-0.1, -0.05) is 104 Å². The Hall–Kier alpha value is -3.51. The van der Waals surface area contributed by atoms with Crippen molar-refractivity contribution in [3.05, 3.63) is 95.2 Å². The molecule has 0 spiro atoms. The van der Waals surface area contributed by atoms with Gasteiger partial charge in [0, 0.05) is 31.3 Å². The van der Waals surface area contributed by atoms with Gasteiger partial charge < -0.3 is 14.9 Å². The predicted octanol–water partition coefficient (Wildman–Crippen LogP) is 6.77. The third-order valence-corrected chi connectivity index (χ3v) is 6.71. The zero-order valence-electron chi connectivity index (χ0n) is 24.4. The second-order valence-corrected chi connectivity index (χ2v) is 10.9. The van der Waals surface area contributed by atoms with Crippen LogP contribution < -0.4 is 0 Å². The van der Waals surface area contributed by atoms with Crippen molar-refractivity contribution in [1.82, 2.24) is 0 Å². The van der Waals surface area contributed by atoms with Crippen molar-refractivity contribution in [2.75, 3.05) is 6.61 Å². The number of carbonyl (C=O) groups is 3. The number of aliphatic carboxylic acids is 1. The van der Waals surface area contributed by atoms with Crippen LogP contribution in [0.25, 0.3) is 0 Å². The minimum absolute atomic E-state index is 0.0427. The Labute approximate surface area is 233 Å². The fourth-order valence-corrected chi connectivity index (χ4v) is 4.38. The topological polar surface area (TPSA) is 101 Å². The molecule has 1 fully saturated rings. The Bertz CT molecular complexity index is 1140. The van der Waals surface area contributed by atoms with E-state index in [-0.39, 0.29) is 18.3 Å². The van der Waals surface area contributed by atoms with Crippen LogP contribution in [0.15, 0.2) is 95.2 Å². The molecule has 0 bridgehead atoms. The molecule has 1 aliphatic carbocycles. The van der Waals surface area contributed by atoms with Gasteiger partial charge in [-0.3, -0.25) is 9.59 Å². The highest BCUT2D eigenvalue weighted by Crippen LogP contribution is 2.46. The first-order chi connectivity index (χ1) is 18.2. The second-order valence-electron chi connectivity index (χ2n) is 10.9. The van der Waals surface area contributed by atoms with Gasteiger partial charge in [0.15, 0.2) is 0 Å². The van der Waals surface area contributed by atoms with Crippen LogP contribution in [-0.4, -0.2) is 40.1 Å². The molecule has 0 heterocycles. The fourth-order valence-electron chi connectivity index (χ4n) is 4.38. The minimum Gasteiger partial charge on any atom is -0.478 e. The number of Topliss-reactive ketones (excluding diaryl/α,β-unsaturated/α-hetero) is 1. The molecule has 6 nitrogen and oxygen atoms in total. The molecule has 1 rings (SSSR count). The number of hydrogen-bond acceptors (Lipinski definition) is 5. The molecule has 1 aliphatic rings. The lowest BCUT2D eigenvalue weighted by atomic mass is 9.60. The maximum absolute atomic E-state index is 12.0. The molecule has 0 radical (unpaired) electrons. The lowest BCUT2D eigenvalue weighted by Gasteiger charge is -2.48. The Balaban J connectivity index is 2.70. The van der Waals surface area contributed by atoms with Crippen LogP contribution in [0.5, 0.6) is 0 Å². The van der Waals surface area contributed by atoms with E-state index in [4.69, 9.17) is 9.84 Å². The van der Waals surface area contributed by atoms with Crippen molar-refractivity contribution in [3.8, 4) is 0 Å². The number of carboxylic acid groups (broad SMARTS) is 1. The van der Waals surface area contributed by atoms with Crippen LogP contribution in [0, 0.1) is 11.3 Å². The highest BCUT2D eigenvalue weighted by atomic mass is 16.5. The summed E-state index contributed by atoms with van der Waals surface area (Å²) in [5.74, 6) is -1.45. The van der Waals surface area contributed by atoms with E-state index in [0.29, 0.717) is 24.8 Å². The van der Waals surface area contributed by atoms with Gasteiger partial charge in [0.05, 0.1) is 5.60 Å². The summed E-state index contributed by atoms with van der Waals surface area (Å²) in [6.07, 6.45) is 23.4. The summed E-state index contributed by atoms with van der Waals surface area (Å²) in [6.45, 7) is 13.0. The lowest BCUT2D eigenvalue weighted by molar-refractivity contribution is -0.142. The van der Waals surface area contributed by atoms with Gasteiger partial charge in [0.1, 0.15) is 12.4 Å². The Morgan fingerprint density at radius 3 is 2.08 bits per heavy atom. The number of carboxylic acids is 1. The standard InChI is InChI=1S/C33H44O6/c1-24(12-8-9-13-25(2)16-11-17-29(21-31(36)37)23-39-28(5)34)14-10-15-26(3)18-19-33(38)27(4)20-30(35)22-32(33,6)7/h8-16,18-19,21,27,38H,17,20,22-23H2,1-7H3,(H,36,37)/b9-8+,14-10+,16-11+,19-18+,24-12+,25-13+,26-15+,29-21-/t27-,33-/m0/s1. The molecule has 0 aromatic heterocycles. The SMILES string of the molecule is CC(=O)OC/C(=C\C(=O)O)C/C=C/C(C)=C/C=C/C=C(C)/C=C/C=C(C)/C=C/[C@]1(O)[C@@H](C)CC(=O)CC1(C)C. The maximum Gasteiger partial charge on any atom is 0.328 e. The maximum atomic E-state index is 12.0. The Kier molecular flexibility index (Phi) is 13.6. The summed E-state index contributed by atoms with van der Waals surface area (Å²) < 4.78 is 4.89. The molecule has 212 valence electrons. The van der Waals surface area contributed by atoms with Crippen LogP contribution in [-0.2, 0) is 19.1 Å². The van der Waals surface area contributed by atoms with Crippen molar-refractivity contribution in [1.29, 1.82) is 0 Å². The Morgan fingerprint density at radius 1 is 0.949 bits per heavy atom. The van der Waals surface area contributed by atoms with E-state index >= 15 is 0 Å². The number of hydrogen-bond donors (Lipinski definition) is 2. The molecule has 39 heavy (non-hydrogen) atoms. The fraction of sp³-hybridized carbons (Fsp3) is 0.424. The van der Waals surface area contributed by atoms with E-state index in [1.165, 1.54) is 6.92 Å². The van der Waals surface area contributed by atoms with E-state index in [1.54, 1.807) is 0 Å². The van der Waals surface area contributed by atoms with Gasteiger partial charge in [-0.2, -0.15) is 0 Å². The van der Waals surface area contributed by atoms with E-state index < -0.39 is 23.0 Å². The summed E-state index contributed by atoms with van der Waals surface area (Å²) in [5, 5.41) is 20.2. The Morgan fingerprint density at radius 2 is 1.51 bits per heavy atom. The van der Waals surface area contributed by atoms with Crippen LogP contribution >= 0.6 is 0 Å². The third kappa shape index (κ3) is 12.3. The van der Waals surface area contributed by atoms with Gasteiger partial charge in [-0.15, -0.1) is 0 Å². The monoisotopic (exact) mass is 536 g/mol. The quantitative estimate of drug-likeness (QED) is 0.162. The average molecular weight is 537 g/mol. The van der Waals surface area contributed by atoms with Crippen LogP contribution in [0.4, 0.5) is 0 Å². The molecule has 0 aliphatic heterocycles. The predicted molar refractivity (Wildman–Crippen MR) is 157 cm³/mol. The largest absolute Gasteiger partial charge is 0.478 e. The molecule has 0 unspecified atom stereocenters. The molecule has 2 N–H and O–H groups in total. The zero-order valence-corrected chi connectivity index (χ0v) is 24.4. The number of carbonyl (C=O) groups excluding carboxylic acids is 2. The highest BCUT2D eigenvalue weighted by molar-refractivity contribution is 5.81. The number of ketones is 1. The summed E-state index contributed by atoms with van der Waals surface area (Å²) in [7, 11) is 0. The van der Waals surface area contributed by atoms with Gasteiger partial charge in [0.25, 0.3) is 0 Å². The first-order valence-corrected chi connectivity index (χ1v) is 13.2. The molecule has 0 aromatic rings. The highest BCUT2D eigenvalue weighted by Gasteiger charge is 2.50. The average Bonchev–Trinajstić information content (AvgIpc) is 2.81. The summed E-state index contributed by atoms with van der Waals surface area (Å²) in [4.78, 5) is 33.9. The number of esters is 1. The minimum atomic E-state index is -1.07. The van der Waals surface area contributed by atoms with Crippen LogP contribution in [0.1, 0.15) is 67.7 Å². The van der Waals surface area contributed by atoms with Gasteiger partial charge in [-0.25, -0.2) is 4.79 Å². The van der Waals surface area contributed by atoms with Crippen molar-refractivity contribution in [3.63, 3.8) is 0 Å². The van der Waals surface area contributed by atoms with Crippen molar-refractivity contribution in [2.45, 2.75) is 73.3 Å². The van der Waals surface area contributed by atoms with Gasteiger partial charge in [0.2, 0.25) is 0 Å². The molecule has 0 aromatic carbocycles. The number of allylic oxidation sites excluding steroid dienone is 13. The summed E-state index contributed by atoms with van der Waals surface area (Å²) in [5.41, 5.74) is 2.02. The lowest BCUT2D eigenvalue weighted by Crippen LogP contribution is -2.53. The molecular formula is C33H44O6. The molecule has 0 amide bonds. The molecule has 1 saturated carbocycles. The summed E-state index contributed by atoms with van der Waals surface area (Å²) >= 11 is 0. The normalized spacial score (nSPS) is 23.5. The number of rotatable bonds is 12. The van der Waals surface area contributed by atoms with Gasteiger partial charge >= 0.3 is 11.9 Å². The molecule has 2 atom stereocenters. The zero-order chi connectivity index (χ0) is 29.6. The molecule has 6 heteroatoms.